The zero-order valence-electron chi connectivity index (χ0n) is 14.7. The van der Waals surface area contributed by atoms with Gasteiger partial charge in [0.05, 0.1) is 6.61 Å². The highest BCUT2D eigenvalue weighted by Gasteiger charge is 2.36. The van der Waals surface area contributed by atoms with Gasteiger partial charge >= 0.3 is 0 Å². The maximum absolute atomic E-state index is 5.88. The van der Waals surface area contributed by atoms with Crippen molar-refractivity contribution >= 4 is 0 Å². The summed E-state index contributed by atoms with van der Waals surface area (Å²) in [5.74, 6) is 1.48. The SMILES string of the molecule is CC(C)CN(CC(C)C)CC1(CNC2CC2)CCCOC1. The second-order valence-corrected chi connectivity index (χ2v) is 8.29. The molecule has 1 atom stereocenters. The van der Waals surface area contributed by atoms with Gasteiger partial charge < -0.3 is 15.0 Å². The van der Waals surface area contributed by atoms with Crippen LogP contribution >= 0.6 is 0 Å². The third-order valence-electron chi connectivity index (χ3n) is 4.55. The molecule has 1 saturated heterocycles. The van der Waals surface area contributed by atoms with E-state index in [9.17, 15) is 0 Å². The molecule has 2 fully saturated rings. The summed E-state index contributed by atoms with van der Waals surface area (Å²) in [6.45, 7) is 16.0. The van der Waals surface area contributed by atoms with Crippen LogP contribution in [0.15, 0.2) is 0 Å². The highest BCUT2D eigenvalue weighted by Crippen LogP contribution is 2.31. The van der Waals surface area contributed by atoms with Crippen molar-refractivity contribution in [2.75, 3.05) is 39.4 Å². The van der Waals surface area contributed by atoms with Crippen LogP contribution < -0.4 is 5.32 Å². The molecule has 0 spiro atoms. The first-order chi connectivity index (χ1) is 9.99. The van der Waals surface area contributed by atoms with Gasteiger partial charge in [-0.1, -0.05) is 27.7 Å². The molecule has 1 heterocycles. The number of nitrogens with one attached hydrogen (secondary N) is 1. The van der Waals surface area contributed by atoms with Crippen molar-refractivity contribution < 1.29 is 4.74 Å². The fraction of sp³-hybridized carbons (Fsp3) is 1.00. The summed E-state index contributed by atoms with van der Waals surface area (Å²) < 4.78 is 5.88. The van der Waals surface area contributed by atoms with Gasteiger partial charge in [-0.3, -0.25) is 0 Å². The van der Waals surface area contributed by atoms with Gasteiger partial charge in [-0.15, -0.1) is 0 Å². The Morgan fingerprint density at radius 3 is 2.29 bits per heavy atom. The molecule has 0 amide bonds. The van der Waals surface area contributed by atoms with Crippen LogP contribution in [0.4, 0.5) is 0 Å². The van der Waals surface area contributed by atoms with E-state index in [0.29, 0.717) is 5.41 Å². The van der Waals surface area contributed by atoms with E-state index in [1.54, 1.807) is 0 Å². The lowest BCUT2D eigenvalue weighted by Crippen LogP contribution is -2.50. The van der Waals surface area contributed by atoms with Crippen molar-refractivity contribution in [1.29, 1.82) is 0 Å². The smallest absolute Gasteiger partial charge is 0.0546 e. The Labute approximate surface area is 131 Å². The summed E-state index contributed by atoms with van der Waals surface area (Å²) in [6, 6.07) is 0.799. The average molecular weight is 296 g/mol. The lowest BCUT2D eigenvalue weighted by atomic mass is 9.81. The first-order valence-corrected chi connectivity index (χ1v) is 9.02. The molecule has 1 aliphatic carbocycles. The molecule has 0 radical (unpaired) electrons. The van der Waals surface area contributed by atoms with Gasteiger partial charge in [0.25, 0.3) is 0 Å². The van der Waals surface area contributed by atoms with Crippen molar-refractivity contribution in [3.05, 3.63) is 0 Å². The molecule has 21 heavy (non-hydrogen) atoms. The summed E-state index contributed by atoms with van der Waals surface area (Å²) in [5.41, 5.74) is 0.338. The topological polar surface area (TPSA) is 24.5 Å². The maximum atomic E-state index is 5.88. The summed E-state index contributed by atoms with van der Waals surface area (Å²) in [6.07, 6.45) is 5.29. The van der Waals surface area contributed by atoms with E-state index in [0.717, 1.165) is 37.6 Å². The highest BCUT2D eigenvalue weighted by molar-refractivity contribution is 4.91. The molecule has 2 rings (SSSR count). The molecule has 0 aromatic carbocycles. The highest BCUT2D eigenvalue weighted by atomic mass is 16.5. The van der Waals surface area contributed by atoms with E-state index in [2.05, 4.69) is 37.9 Å². The number of hydrogen-bond donors (Lipinski definition) is 1. The minimum atomic E-state index is 0.338. The first-order valence-electron chi connectivity index (χ1n) is 9.02. The molecule has 3 heteroatoms. The number of ether oxygens (including phenoxy) is 1. The van der Waals surface area contributed by atoms with Crippen LogP contribution in [0.3, 0.4) is 0 Å². The first kappa shape index (κ1) is 17.2. The predicted octanol–water partition coefficient (Wildman–Crippen LogP) is 3.15. The Balaban J connectivity index is 1.95. The minimum absolute atomic E-state index is 0.338. The van der Waals surface area contributed by atoms with Crippen LogP contribution in [0, 0.1) is 17.3 Å². The van der Waals surface area contributed by atoms with E-state index in [-0.39, 0.29) is 0 Å². The number of nitrogens with zero attached hydrogens (tertiary/aromatic N) is 1. The molecule has 1 saturated carbocycles. The van der Waals surface area contributed by atoms with E-state index in [1.807, 2.05) is 0 Å². The molecule has 1 N–H and O–H groups in total. The fourth-order valence-corrected chi connectivity index (χ4v) is 3.59. The molecular weight excluding hydrogens is 260 g/mol. The van der Waals surface area contributed by atoms with E-state index in [4.69, 9.17) is 4.74 Å². The van der Waals surface area contributed by atoms with Gasteiger partial charge in [0.2, 0.25) is 0 Å². The zero-order valence-corrected chi connectivity index (χ0v) is 14.7. The van der Waals surface area contributed by atoms with Crippen LogP contribution in [-0.2, 0) is 4.74 Å². The van der Waals surface area contributed by atoms with Gasteiger partial charge in [0.1, 0.15) is 0 Å². The Morgan fingerprint density at radius 2 is 1.81 bits per heavy atom. The third-order valence-corrected chi connectivity index (χ3v) is 4.55. The monoisotopic (exact) mass is 296 g/mol. The number of hydrogen-bond acceptors (Lipinski definition) is 3. The summed E-state index contributed by atoms with van der Waals surface area (Å²) in [7, 11) is 0. The van der Waals surface area contributed by atoms with Crippen molar-refractivity contribution in [3.63, 3.8) is 0 Å². The minimum Gasteiger partial charge on any atom is -0.381 e. The van der Waals surface area contributed by atoms with Crippen LogP contribution in [-0.4, -0.2) is 50.3 Å². The van der Waals surface area contributed by atoms with Crippen molar-refractivity contribution in [3.8, 4) is 0 Å². The summed E-state index contributed by atoms with van der Waals surface area (Å²) >= 11 is 0. The van der Waals surface area contributed by atoms with Gasteiger partial charge in [-0.25, -0.2) is 0 Å². The summed E-state index contributed by atoms with van der Waals surface area (Å²) in [4.78, 5) is 2.69. The van der Waals surface area contributed by atoms with Crippen LogP contribution in [0.2, 0.25) is 0 Å². The van der Waals surface area contributed by atoms with E-state index < -0.39 is 0 Å². The molecule has 0 aromatic heterocycles. The summed E-state index contributed by atoms with van der Waals surface area (Å²) in [5, 5.41) is 3.77. The van der Waals surface area contributed by atoms with Gasteiger partial charge in [-0.05, 0) is 37.5 Å². The molecule has 3 nitrogen and oxygen atoms in total. The van der Waals surface area contributed by atoms with Crippen molar-refractivity contribution in [2.45, 2.75) is 59.4 Å². The van der Waals surface area contributed by atoms with Crippen molar-refractivity contribution in [1.82, 2.24) is 10.2 Å². The number of rotatable bonds is 9. The van der Waals surface area contributed by atoms with Crippen LogP contribution in [0.25, 0.3) is 0 Å². The molecular formula is C18H36N2O. The normalized spacial score (nSPS) is 27.0. The van der Waals surface area contributed by atoms with Crippen LogP contribution in [0.5, 0.6) is 0 Å². The standard InChI is InChI=1S/C18H36N2O/c1-15(2)10-20(11-16(3)4)13-18(8-5-9-21-14-18)12-19-17-6-7-17/h15-17,19H,5-14H2,1-4H3. The Morgan fingerprint density at radius 1 is 1.14 bits per heavy atom. The Bertz CT molecular complexity index is 284. The molecule has 2 aliphatic rings. The molecule has 0 aromatic rings. The third kappa shape index (κ3) is 6.25. The molecule has 1 unspecified atom stereocenters. The van der Waals surface area contributed by atoms with E-state index >= 15 is 0 Å². The Kier molecular flexibility index (Phi) is 6.51. The fourth-order valence-electron chi connectivity index (χ4n) is 3.59. The van der Waals surface area contributed by atoms with Gasteiger partial charge in [0, 0.05) is 44.2 Å². The maximum Gasteiger partial charge on any atom is 0.0546 e. The quantitative estimate of drug-likeness (QED) is 0.707. The van der Waals surface area contributed by atoms with Gasteiger partial charge in [0.15, 0.2) is 0 Å². The van der Waals surface area contributed by atoms with Crippen molar-refractivity contribution in [2.24, 2.45) is 17.3 Å². The van der Waals surface area contributed by atoms with Gasteiger partial charge in [-0.2, -0.15) is 0 Å². The average Bonchev–Trinajstić information content (AvgIpc) is 3.20. The lowest BCUT2D eigenvalue weighted by molar-refractivity contribution is -0.0294. The predicted molar refractivity (Wildman–Crippen MR) is 89.6 cm³/mol. The van der Waals surface area contributed by atoms with Crippen LogP contribution in [0.1, 0.15) is 53.4 Å². The Hall–Kier alpha value is -0.120. The zero-order chi connectivity index (χ0) is 15.3. The van der Waals surface area contributed by atoms with E-state index in [1.165, 1.54) is 45.3 Å². The lowest BCUT2D eigenvalue weighted by Gasteiger charge is -2.42. The molecule has 0 bridgehead atoms. The molecule has 1 aliphatic heterocycles. The second-order valence-electron chi connectivity index (χ2n) is 8.29. The molecule has 124 valence electrons. The largest absolute Gasteiger partial charge is 0.381 e. The second kappa shape index (κ2) is 7.94.